The average Bonchev–Trinajstić information content (AvgIpc) is 3.06. The van der Waals surface area contributed by atoms with Crippen LogP contribution in [-0.2, 0) is 4.74 Å². The number of esters is 1. The van der Waals surface area contributed by atoms with Crippen LogP contribution in [0.15, 0.2) is 71.2 Å². The van der Waals surface area contributed by atoms with E-state index in [-0.39, 0.29) is 11.3 Å². The molecule has 1 aliphatic heterocycles. The molecule has 0 fully saturated rings. The zero-order valence-corrected chi connectivity index (χ0v) is 18.4. The highest BCUT2D eigenvalue weighted by atomic mass is 79.9. The van der Waals surface area contributed by atoms with E-state index in [0.717, 1.165) is 4.90 Å². The van der Waals surface area contributed by atoms with Gasteiger partial charge < -0.3 is 9.47 Å². The minimum Gasteiger partial charge on any atom is -0.497 e. The molecule has 8 heteroatoms. The molecule has 0 saturated carbocycles. The largest absolute Gasteiger partial charge is 0.497 e. The van der Waals surface area contributed by atoms with Crippen LogP contribution in [-0.4, -0.2) is 37.3 Å². The van der Waals surface area contributed by atoms with Gasteiger partial charge in [-0.25, -0.2) is 9.69 Å². The smallest absolute Gasteiger partial charge is 0.338 e. The number of amides is 2. The van der Waals surface area contributed by atoms with Gasteiger partial charge in [-0.2, -0.15) is 0 Å². The van der Waals surface area contributed by atoms with Crippen molar-refractivity contribution < 1.29 is 28.7 Å². The van der Waals surface area contributed by atoms with Crippen molar-refractivity contribution in [3.63, 3.8) is 0 Å². The number of benzene rings is 3. The Balaban J connectivity index is 1.42. The molecule has 0 bridgehead atoms. The highest BCUT2D eigenvalue weighted by molar-refractivity contribution is 9.10. The fourth-order valence-electron chi connectivity index (χ4n) is 3.27. The van der Waals surface area contributed by atoms with Crippen molar-refractivity contribution in [2.45, 2.75) is 0 Å². The molecule has 0 saturated heterocycles. The zero-order valence-electron chi connectivity index (χ0n) is 16.8. The topological polar surface area (TPSA) is 90.0 Å². The lowest BCUT2D eigenvalue weighted by molar-refractivity contribution is 0.0474. The number of halogens is 1. The average molecular weight is 494 g/mol. The van der Waals surface area contributed by atoms with E-state index in [4.69, 9.17) is 9.47 Å². The molecule has 0 unspecified atom stereocenters. The molecule has 0 aliphatic carbocycles. The number of methoxy groups -OCH3 is 1. The molecule has 0 radical (unpaired) electrons. The number of nitrogens with zero attached hydrogens (tertiary/aromatic N) is 1. The predicted octanol–water partition coefficient (Wildman–Crippen LogP) is 4.30. The number of rotatable bonds is 6. The summed E-state index contributed by atoms with van der Waals surface area (Å²) in [6.07, 6.45) is 0. The fourth-order valence-corrected chi connectivity index (χ4v) is 3.63. The molecule has 3 aromatic carbocycles. The molecule has 0 atom stereocenters. The van der Waals surface area contributed by atoms with E-state index in [1.807, 2.05) is 0 Å². The Kier molecular flexibility index (Phi) is 5.87. The number of hydrogen-bond donors (Lipinski definition) is 0. The van der Waals surface area contributed by atoms with E-state index in [1.165, 1.54) is 31.4 Å². The molecule has 4 rings (SSSR count). The Morgan fingerprint density at radius 2 is 1.47 bits per heavy atom. The summed E-state index contributed by atoms with van der Waals surface area (Å²) in [5.41, 5.74) is 1.55. The van der Waals surface area contributed by atoms with Gasteiger partial charge in [-0.05, 0) is 66.7 Å². The zero-order chi connectivity index (χ0) is 22.8. The first-order chi connectivity index (χ1) is 15.4. The summed E-state index contributed by atoms with van der Waals surface area (Å²) < 4.78 is 10.8. The van der Waals surface area contributed by atoms with Crippen molar-refractivity contribution >= 4 is 45.2 Å². The number of ketones is 1. The van der Waals surface area contributed by atoms with Crippen molar-refractivity contribution in [1.29, 1.82) is 0 Å². The normalized spacial score (nSPS) is 12.5. The first-order valence-corrected chi connectivity index (χ1v) is 10.3. The summed E-state index contributed by atoms with van der Waals surface area (Å²) in [6, 6.07) is 17.2. The number of carbonyl (C=O) groups is 4. The van der Waals surface area contributed by atoms with Crippen LogP contribution in [0.5, 0.6) is 5.75 Å². The summed E-state index contributed by atoms with van der Waals surface area (Å²) in [4.78, 5) is 50.9. The second kappa shape index (κ2) is 8.76. The maximum atomic E-state index is 12.7. The minimum absolute atomic E-state index is 0.190. The molecule has 2 amide bonds. The Bertz CT molecular complexity index is 1230. The quantitative estimate of drug-likeness (QED) is 0.289. The summed E-state index contributed by atoms with van der Waals surface area (Å²) in [7, 11) is 1.53. The molecule has 32 heavy (non-hydrogen) atoms. The molecule has 0 spiro atoms. The molecule has 3 aromatic rings. The van der Waals surface area contributed by atoms with Gasteiger partial charge in [0.05, 0.1) is 29.5 Å². The third kappa shape index (κ3) is 4.04. The molecule has 1 heterocycles. The van der Waals surface area contributed by atoms with Gasteiger partial charge >= 0.3 is 5.97 Å². The monoisotopic (exact) mass is 493 g/mol. The van der Waals surface area contributed by atoms with E-state index in [2.05, 4.69) is 15.9 Å². The molecule has 1 aliphatic rings. The van der Waals surface area contributed by atoms with E-state index in [0.29, 0.717) is 32.6 Å². The first kappa shape index (κ1) is 21.5. The molecule has 0 N–H and O–H groups in total. The summed E-state index contributed by atoms with van der Waals surface area (Å²) in [5.74, 6) is -1.30. The van der Waals surface area contributed by atoms with E-state index >= 15 is 0 Å². The predicted molar refractivity (Wildman–Crippen MR) is 119 cm³/mol. The van der Waals surface area contributed by atoms with Crippen LogP contribution in [0.25, 0.3) is 0 Å². The summed E-state index contributed by atoms with van der Waals surface area (Å²) in [6.45, 7) is -0.416. The highest BCUT2D eigenvalue weighted by Gasteiger charge is 2.36. The number of hydrogen-bond acceptors (Lipinski definition) is 6. The van der Waals surface area contributed by atoms with Crippen molar-refractivity contribution in [3.05, 3.63) is 93.5 Å². The van der Waals surface area contributed by atoms with Gasteiger partial charge in [0.1, 0.15) is 5.75 Å². The van der Waals surface area contributed by atoms with Crippen molar-refractivity contribution in [2.24, 2.45) is 0 Å². The number of carbonyl (C=O) groups excluding carboxylic acids is 4. The number of imide groups is 1. The van der Waals surface area contributed by atoms with Crippen LogP contribution in [0, 0.1) is 0 Å². The first-order valence-electron chi connectivity index (χ1n) is 9.52. The lowest BCUT2D eigenvalue weighted by Crippen LogP contribution is -2.29. The second-order valence-corrected chi connectivity index (χ2v) is 7.83. The third-order valence-electron chi connectivity index (χ3n) is 4.96. The molecule has 160 valence electrons. The Morgan fingerprint density at radius 3 is 2.12 bits per heavy atom. The molecule has 7 nitrogen and oxygen atoms in total. The van der Waals surface area contributed by atoms with E-state index in [9.17, 15) is 19.2 Å². The van der Waals surface area contributed by atoms with Crippen LogP contribution < -0.4 is 9.64 Å². The summed E-state index contributed by atoms with van der Waals surface area (Å²) >= 11 is 3.30. The van der Waals surface area contributed by atoms with Crippen LogP contribution in [0.2, 0.25) is 0 Å². The van der Waals surface area contributed by atoms with Gasteiger partial charge in [0.2, 0.25) is 0 Å². The lowest BCUT2D eigenvalue weighted by atomic mass is 10.1. The highest BCUT2D eigenvalue weighted by Crippen LogP contribution is 2.30. The molecular formula is C24H16BrNO6. The van der Waals surface area contributed by atoms with Gasteiger partial charge in [-0.3, -0.25) is 14.4 Å². The Hall–Kier alpha value is -3.78. The fraction of sp³-hybridized carbons (Fsp3) is 0.0833. The maximum Gasteiger partial charge on any atom is 0.338 e. The van der Waals surface area contributed by atoms with E-state index < -0.39 is 24.4 Å². The van der Waals surface area contributed by atoms with Crippen LogP contribution in [0.4, 0.5) is 5.69 Å². The minimum atomic E-state index is -0.690. The Morgan fingerprint density at radius 1 is 0.844 bits per heavy atom. The number of ether oxygens (including phenoxy) is 2. The lowest BCUT2D eigenvalue weighted by Gasteiger charge is -2.14. The standard InChI is InChI=1S/C24H16BrNO6/c1-31-18-9-4-14(5-10-18)21(27)13-32-24(30)15-2-7-17(8-3-15)26-22(28)19-11-6-16(25)12-20(19)23(26)29/h2-12H,13H2,1H3. The van der Waals surface area contributed by atoms with Crippen LogP contribution >= 0.6 is 15.9 Å². The molecule has 0 aromatic heterocycles. The van der Waals surface area contributed by atoms with Crippen molar-refractivity contribution in [3.8, 4) is 5.75 Å². The van der Waals surface area contributed by atoms with Gasteiger partial charge in [0.25, 0.3) is 11.8 Å². The second-order valence-electron chi connectivity index (χ2n) is 6.91. The summed E-state index contributed by atoms with van der Waals surface area (Å²) in [5, 5.41) is 0. The maximum absolute atomic E-state index is 12.7. The van der Waals surface area contributed by atoms with Crippen molar-refractivity contribution in [1.82, 2.24) is 0 Å². The SMILES string of the molecule is COc1ccc(C(=O)COC(=O)c2ccc(N3C(=O)c4ccc(Br)cc4C3=O)cc2)cc1. The van der Waals surface area contributed by atoms with Crippen molar-refractivity contribution in [2.75, 3.05) is 18.6 Å². The van der Waals surface area contributed by atoms with Gasteiger partial charge in [0, 0.05) is 10.0 Å². The van der Waals surface area contributed by atoms with Crippen LogP contribution in [0.1, 0.15) is 41.4 Å². The molecular weight excluding hydrogens is 478 g/mol. The van der Waals surface area contributed by atoms with Crippen LogP contribution in [0.3, 0.4) is 0 Å². The Labute approximate surface area is 191 Å². The van der Waals surface area contributed by atoms with Gasteiger partial charge in [-0.1, -0.05) is 15.9 Å². The van der Waals surface area contributed by atoms with Gasteiger partial charge in [-0.15, -0.1) is 0 Å². The van der Waals surface area contributed by atoms with E-state index in [1.54, 1.807) is 42.5 Å². The number of fused-ring (bicyclic) bond motifs is 1. The third-order valence-corrected chi connectivity index (χ3v) is 5.45. The van der Waals surface area contributed by atoms with Gasteiger partial charge in [0.15, 0.2) is 12.4 Å². The number of Topliss-reactive ketones (excluding diaryl/α,β-unsaturated/α-hetero) is 1. The number of anilines is 1.